The van der Waals surface area contributed by atoms with Gasteiger partial charge in [-0.2, -0.15) is 5.26 Å². The third-order valence-corrected chi connectivity index (χ3v) is 0.735. The van der Waals surface area contributed by atoms with Crippen molar-refractivity contribution in [1.82, 2.24) is 5.32 Å². The number of rotatable bonds is 3. The number of hydrogen-bond acceptors (Lipinski definition) is 2. The molecular weight excluding hydrogens is 120 g/mol. The minimum absolute atomic E-state index is 0.301. The molecular formula is C5H7N2O2. The molecule has 0 aliphatic rings. The number of carbonyl (C=O) groups is 1. The second-order valence-corrected chi connectivity index (χ2v) is 1.48. The highest BCUT2D eigenvalue weighted by Gasteiger charge is 1.93. The van der Waals surface area contributed by atoms with Crippen molar-refractivity contribution in [2.24, 2.45) is 0 Å². The number of nitrogens with one attached hydrogen (secondary N) is 1. The van der Waals surface area contributed by atoms with Crippen LogP contribution in [-0.2, 0) is 5.11 Å². The van der Waals surface area contributed by atoms with Crippen LogP contribution in [0.5, 0.6) is 0 Å². The second kappa shape index (κ2) is 4.91. The maximum absolute atomic E-state index is 9.66. The van der Waals surface area contributed by atoms with Crippen LogP contribution < -0.4 is 5.32 Å². The first-order valence-electron chi connectivity index (χ1n) is 2.59. The van der Waals surface area contributed by atoms with Crippen molar-refractivity contribution in [3.05, 3.63) is 0 Å². The predicted octanol–water partition coefficient (Wildman–Crippen LogP) is 0.430. The molecule has 4 nitrogen and oxygen atoms in total. The van der Waals surface area contributed by atoms with Gasteiger partial charge in [0.2, 0.25) is 0 Å². The van der Waals surface area contributed by atoms with Gasteiger partial charge in [0, 0.05) is 13.0 Å². The molecule has 0 spiro atoms. The van der Waals surface area contributed by atoms with Crippen LogP contribution in [0.2, 0.25) is 0 Å². The van der Waals surface area contributed by atoms with E-state index in [1.54, 1.807) is 0 Å². The average molecular weight is 127 g/mol. The summed E-state index contributed by atoms with van der Waals surface area (Å²) in [5.41, 5.74) is 0. The van der Waals surface area contributed by atoms with Crippen molar-refractivity contribution >= 4 is 6.09 Å². The van der Waals surface area contributed by atoms with Gasteiger partial charge >= 0.3 is 6.09 Å². The van der Waals surface area contributed by atoms with Crippen LogP contribution in [0.15, 0.2) is 0 Å². The lowest BCUT2D eigenvalue weighted by Gasteiger charge is -1.91. The Morgan fingerprint density at radius 2 is 2.33 bits per heavy atom. The van der Waals surface area contributed by atoms with E-state index in [0.717, 1.165) is 0 Å². The molecule has 0 aliphatic heterocycles. The van der Waals surface area contributed by atoms with Crippen molar-refractivity contribution in [3.63, 3.8) is 0 Å². The fourth-order valence-electron chi connectivity index (χ4n) is 0.358. The van der Waals surface area contributed by atoms with Crippen LogP contribution in [0, 0.1) is 11.3 Å². The van der Waals surface area contributed by atoms with Gasteiger partial charge in [-0.25, -0.2) is 9.90 Å². The van der Waals surface area contributed by atoms with E-state index in [4.69, 9.17) is 5.26 Å². The Labute approximate surface area is 53.1 Å². The van der Waals surface area contributed by atoms with E-state index in [2.05, 4.69) is 0 Å². The van der Waals surface area contributed by atoms with Crippen LogP contribution in [0.3, 0.4) is 0 Å². The summed E-state index contributed by atoms with van der Waals surface area (Å²) in [6.07, 6.45) is -0.363. The zero-order valence-electron chi connectivity index (χ0n) is 4.89. The van der Waals surface area contributed by atoms with Gasteiger partial charge in [0.15, 0.2) is 0 Å². The van der Waals surface area contributed by atoms with Gasteiger partial charge in [-0.15, -0.1) is 0 Å². The Kier molecular flexibility index (Phi) is 4.23. The molecule has 0 saturated carbocycles. The molecule has 0 unspecified atom stereocenters. The number of hydrogen-bond donors (Lipinski definition) is 1. The highest BCUT2D eigenvalue weighted by Crippen LogP contribution is 1.81. The topological polar surface area (TPSA) is 72.8 Å². The summed E-state index contributed by atoms with van der Waals surface area (Å²) in [7, 11) is 0. The number of nitriles is 1. The van der Waals surface area contributed by atoms with Gasteiger partial charge in [-0.1, -0.05) is 0 Å². The van der Waals surface area contributed by atoms with Crippen LogP contribution in [0.4, 0.5) is 4.79 Å². The quantitative estimate of drug-likeness (QED) is 0.558. The third kappa shape index (κ3) is 6.76. The Morgan fingerprint density at radius 3 is 2.78 bits per heavy atom. The van der Waals surface area contributed by atoms with E-state index >= 15 is 0 Å². The first-order valence-corrected chi connectivity index (χ1v) is 2.59. The summed E-state index contributed by atoms with van der Waals surface area (Å²) in [6, 6.07) is 1.89. The van der Waals surface area contributed by atoms with E-state index in [0.29, 0.717) is 19.4 Å². The summed E-state index contributed by atoms with van der Waals surface area (Å²) >= 11 is 0. The van der Waals surface area contributed by atoms with Crippen molar-refractivity contribution in [3.8, 4) is 6.07 Å². The summed E-state index contributed by atoms with van der Waals surface area (Å²) in [5.74, 6) is 0. The molecule has 0 bridgehead atoms. The highest BCUT2D eigenvalue weighted by molar-refractivity contribution is 5.63. The minimum atomic E-state index is -1.28. The van der Waals surface area contributed by atoms with Crippen molar-refractivity contribution < 1.29 is 9.90 Å². The van der Waals surface area contributed by atoms with Gasteiger partial charge in [-0.3, -0.25) is 0 Å². The first-order chi connectivity index (χ1) is 4.27. The predicted molar refractivity (Wildman–Crippen MR) is 28.9 cm³/mol. The molecule has 0 aliphatic carbocycles. The lowest BCUT2D eigenvalue weighted by atomic mass is 10.3. The van der Waals surface area contributed by atoms with Crippen molar-refractivity contribution in [1.29, 1.82) is 5.26 Å². The molecule has 0 aromatic carbocycles. The summed E-state index contributed by atoms with van der Waals surface area (Å²) < 4.78 is 0. The highest BCUT2D eigenvalue weighted by atomic mass is 16.4. The lowest BCUT2D eigenvalue weighted by Crippen LogP contribution is -2.20. The van der Waals surface area contributed by atoms with Gasteiger partial charge in [0.25, 0.3) is 0 Å². The Morgan fingerprint density at radius 1 is 1.67 bits per heavy atom. The van der Waals surface area contributed by atoms with Gasteiger partial charge < -0.3 is 5.32 Å². The van der Waals surface area contributed by atoms with Crippen molar-refractivity contribution in [2.75, 3.05) is 6.54 Å². The zero-order chi connectivity index (χ0) is 7.11. The lowest BCUT2D eigenvalue weighted by molar-refractivity contribution is 0.168. The van der Waals surface area contributed by atoms with E-state index in [-0.39, 0.29) is 0 Å². The van der Waals surface area contributed by atoms with Crippen LogP contribution >= 0.6 is 0 Å². The fraction of sp³-hybridized carbons (Fsp3) is 0.600. The van der Waals surface area contributed by atoms with Gasteiger partial charge in [0.05, 0.1) is 6.07 Å². The fourth-order valence-corrected chi connectivity index (χ4v) is 0.358. The molecule has 0 fully saturated rings. The molecule has 0 atom stereocenters. The first kappa shape index (κ1) is 7.76. The van der Waals surface area contributed by atoms with Crippen LogP contribution in [0.1, 0.15) is 12.8 Å². The number of carbonyl (C=O) groups excluding carboxylic acids is 1. The maximum Gasteiger partial charge on any atom is 0.450 e. The second-order valence-electron chi connectivity index (χ2n) is 1.48. The standard InChI is InChI=1S/C5H7N2O2/c6-3-1-2-4-7-5(8)9/h7H,1-2,4H2. The SMILES string of the molecule is N#CCCCNC([O])=O. The smallest absolute Gasteiger partial charge is 0.318 e. The van der Waals surface area contributed by atoms with E-state index in [9.17, 15) is 9.90 Å². The average Bonchev–Trinajstić information content (AvgIpc) is 1.80. The molecule has 0 saturated heterocycles. The monoisotopic (exact) mass is 127 g/mol. The summed E-state index contributed by atoms with van der Waals surface area (Å²) in [6.45, 7) is 0.301. The van der Waals surface area contributed by atoms with E-state index in [1.165, 1.54) is 0 Å². The maximum atomic E-state index is 9.66. The molecule has 4 heteroatoms. The molecule has 49 valence electrons. The summed E-state index contributed by atoms with van der Waals surface area (Å²) in [4.78, 5) is 9.66. The van der Waals surface area contributed by atoms with Crippen LogP contribution in [-0.4, -0.2) is 12.6 Å². The molecule has 0 rings (SSSR count). The largest absolute Gasteiger partial charge is 0.450 e. The Bertz CT molecular complexity index is 127. The van der Waals surface area contributed by atoms with Crippen LogP contribution in [0.25, 0.3) is 0 Å². The Hall–Kier alpha value is -1.24. The molecule has 1 radical (unpaired) electrons. The number of amides is 1. The molecule has 0 heterocycles. The minimum Gasteiger partial charge on any atom is -0.318 e. The van der Waals surface area contributed by atoms with E-state index in [1.807, 2.05) is 11.4 Å². The normalized spacial score (nSPS) is 7.89. The third-order valence-electron chi connectivity index (χ3n) is 0.735. The molecule has 1 amide bonds. The number of nitrogens with zero attached hydrogens (tertiary/aromatic N) is 1. The molecule has 9 heavy (non-hydrogen) atoms. The number of unbranched alkanes of at least 4 members (excludes halogenated alkanes) is 1. The van der Waals surface area contributed by atoms with Crippen molar-refractivity contribution in [2.45, 2.75) is 12.8 Å². The Balaban J connectivity index is 2.94. The molecule has 1 N–H and O–H groups in total. The van der Waals surface area contributed by atoms with Gasteiger partial charge in [0.1, 0.15) is 0 Å². The van der Waals surface area contributed by atoms with Gasteiger partial charge in [-0.05, 0) is 6.42 Å². The van der Waals surface area contributed by atoms with E-state index < -0.39 is 6.09 Å². The zero-order valence-corrected chi connectivity index (χ0v) is 4.89. The summed E-state index contributed by atoms with van der Waals surface area (Å²) in [5, 5.41) is 19.7. The molecule has 0 aromatic heterocycles. The molecule has 0 aromatic rings.